The first-order chi connectivity index (χ1) is 15.3. The monoisotopic (exact) mass is 439 g/mol. The Kier molecular flexibility index (Phi) is 7.98. The number of aromatic nitrogens is 1. The minimum Gasteiger partial charge on any atom is -0.379 e. The quantitative estimate of drug-likeness (QED) is 0.270. The molecule has 0 spiro atoms. The van der Waals surface area contributed by atoms with Gasteiger partial charge in [-0.25, -0.2) is 0 Å². The molecule has 1 saturated heterocycles. The fourth-order valence-corrected chi connectivity index (χ4v) is 4.95. The number of nitrogens with zero attached hydrogens (tertiary/aromatic N) is 2. The first-order valence-corrected chi connectivity index (χ1v) is 12.2. The minimum absolute atomic E-state index is 0.311. The number of morpholine rings is 1. The molecule has 2 aromatic heterocycles. The Morgan fingerprint density at radius 3 is 2.87 bits per heavy atom. The van der Waals surface area contributed by atoms with E-state index in [0.29, 0.717) is 6.04 Å². The number of para-hydroxylation sites is 1. The number of aromatic amines is 1. The number of fused-ring (bicyclic) bond motifs is 1. The first kappa shape index (κ1) is 21.9. The Morgan fingerprint density at radius 1 is 1.19 bits per heavy atom. The molecule has 0 bridgehead atoms. The smallest absolute Gasteiger partial charge is 0.191 e. The van der Waals surface area contributed by atoms with Crippen molar-refractivity contribution in [3.63, 3.8) is 0 Å². The van der Waals surface area contributed by atoms with E-state index in [-0.39, 0.29) is 0 Å². The van der Waals surface area contributed by atoms with Crippen LogP contribution in [-0.4, -0.2) is 61.8 Å². The second-order valence-corrected chi connectivity index (χ2v) is 8.77. The van der Waals surface area contributed by atoms with Gasteiger partial charge in [0.05, 0.1) is 25.8 Å². The van der Waals surface area contributed by atoms with Crippen LogP contribution >= 0.6 is 11.3 Å². The van der Waals surface area contributed by atoms with Crippen LogP contribution < -0.4 is 10.6 Å². The highest BCUT2D eigenvalue weighted by Gasteiger charge is 2.23. The van der Waals surface area contributed by atoms with Crippen molar-refractivity contribution in [1.82, 2.24) is 20.5 Å². The topological polar surface area (TPSA) is 64.7 Å². The summed E-state index contributed by atoms with van der Waals surface area (Å²) in [6, 6.07) is 13.2. The minimum atomic E-state index is 0.311. The number of hydrogen-bond donors (Lipinski definition) is 3. The Balaban J connectivity index is 1.33. The van der Waals surface area contributed by atoms with Crippen molar-refractivity contribution < 1.29 is 4.74 Å². The van der Waals surface area contributed by atoms with E-state index in [9.17, 15) is 0 Å². The van der Waals surface area contributed by atoms with Gasteiger partial charge in [-0.1, -0.05) is 24.3 Å². The second-order valence-electron chi connectivity index (χ2n) is 7.79. The van der Waals surface area contributed by atoms with E-state index in [2.05, 4.69) is 75.4 Å². The van der Waals surface area contributed by atoms with E-state index in [4.69, 9.17) is 9.73 Å². The lowest BCUT2D eigenvalue weighted by atomic mass is 10.1. The standard InChI is InChI=1S/C24H33N5OS/c1-2-25-24(26-11-5-7-19-17-27-21-9-4-3-8-20(19)21)28-18-22(23-10-6-16-31-23)29-12-14-30-15-13-29/h3-4,6,8-10,16-17,22,27H,2,5,7,11-15,18H2,1H3,(H2,25,26,28). The maximum Gasteiger partial charge on any atom is 0.191 e. The number of rotatable bonds is 9. The number of ether oxygens (including phenoxy) is 1. The normalized spacial score (nSPS) is 16.5. The molecule has 31 heavy (non-hydrogen) atoms. The van der Waals surface area contributed by atoms with Gasteiger partial charge in [0.1, 0.15) is 0 Å². The van der Waals surface area contributed by atoms with Crippen LogP contribution in [-0.2, 0) is 11.2 Å². The molecule has 1 aliphatic heterocycles. The summed E-state index contributed by atoms with van der Waals surface area (Å²) in [6.07, 6.45) is 4.24. The van der Waals surface area contributed by atoms with Gasteiger partial charge in [-0.3, -0.25) is 9.89 Å². The predicted octanol–water partition coefficient (Wildman–Crippen LogP) is 3.79. The van der Waals surface area contributed by atoms with Crippen LogP contribution in [0, 0.1) is 0 Å². The number of benzene rings is 1. The molecule has 3 N–H and O–H groups in total. The third-order valence-corrected chi connectivity index (χ3v) is 6.69. The van der Waals surface area contributed by atoms with Crippen LogP contribution in [0.2, 0.25) is 0 Å². The van der Waals surface area contributed by atoms with Crippen molar-refractivity contribution in [3.05, 3.63) is 58.4 Å². The molecule has 3 aromatic rings. The van der Waals surface area contributed by atoms with Crippen molar-refractivity contribution in [2.75, 3.05) is 45.9 Å². The molecular formula is C24H33N5OS. The molecule has 0 radical (unpaired) electrons. The van der Waals surface area contributed by atoms with Gasteiger partial charge >= 0.3 is 0 Å². The number of aryl methyl sites for hydroxylation is 1. The van der Waals surface area contributed by atoms with Crippen molar-refractivity contribution in [1.29, 1.82) is 0 Å². The Hall–Kier alpha value is -2.35. The molecule has 1 aliphatic rings. The van der Waals surface area contributed by atoms with E-state index >= 15 is 0 Å². The summed E-state index contributed by atoms with van der Waals surface area (Å²) < 4.78 is 5.55. The average Bonchev–Trinajstić information content (AvgIpc) is 3.48. The molecule has 1 fully saturated rings. The van der Waals surface area contributed by atoms with Gasteiger partial charge in [0.2, 0.25) is 0 Å². The second kappa shape index (κ2) is 11.3. The van der Waals surface area contributed by atoms with Crippen molar-refractivity contribution in [2.45, 2.75) is 25.8 Å². The van der Waals surface area contributed by atoms with Gasteiger partial charge < -0.3 is 20.4 Å². The summed E-state index contributed by atoms with van der Waals surface area (Å²) in [5, 5.41) is 10.4. The van der Waals surface area contributed by atoms with Crippen LogP contribution in [0.4, 0.5) is 0 Å². The number of thiophene rings is 1. The van der Waals surface area contributed by atoms with Crippen LogP contribution in [0.5, 0.6) is 0 Å². The molecule has 0 aliphatic carbocycles. The summed E-state index contributed by atoms with van der Waals surface area (Å²) in [5.74, 6) is 0.899. The van der Waals surface area contributed by atoms with E-state index in [1.807, 2.05) is 11.3 Å². The maximum atomic E-state index is 5.55. The third-order valence-electron chi connectivity index (χ3n) is 5.71. The zero-order valence-corrected chi connectivity index (χ0v) is 19.1. The van der Waals surface area contributed by atoms with Gasteiger partial charge in [-0.05, 0) is 42.8 Å². The van der Waals surface area contributed by atoms with Gasteiger partial charge in [-0.15, -0.1) is 11.3 Å². The SMILES string of the molecule is CCNC(=NCC(c1cccs1)N1CCOCC1)NCCCc1c[nH]c2ccccc12. The van der Waals surface area contributed by atoms with E-state index in [1.165, 1.54) is 21.3 Å². The number of aliphatic imine (C=N–C) groups is 1. The van der Waals surface area contributed by atoms with Crippen LogP contribution in [0.3, 0.4) is 0 Å². The van der Waals surface area contributed by atoms with Gasteiger partial charge in [0.25, 0.3) is 0 Å². The molecule has 4 rings (SSSR count). The van der Waals surface area contributed by atoms with Crippen LogP contribution in [0.15, 0.2) is 53.0 Å². The maximum absolute atomic E-state index is 5.55. The molecule has 0 saturated carbocycles. The number of guanidine groups is 1. The van der Waals surface area contributed by atoms with Crippen molar-refractivity contribution >= 4 is 28.2 Å². The molecule has 7 heteroatoms. The number of nitrogens with one attached hydrogen (secondary N) is 3. The zero-order valence-electron chi connectivity index (χ0n) is 18.3. The predicted molar refractivity (Wildman–Crippen MR) is 130 cm³/mol. The fourth-order valence-electron chi connectivity index (χ4n) is 4.10. The van der Waals surface area contributed by atoms with E-state index < -0.39 is 0 Å². The molecule has 6 nitrogen and oxygen atoms in total. The van der Waals surface area contributed by atoms with Crippen LogP contribution in [0.1, 0.15) is 29.8 Å². The lowest BCUT2D eigenvalue weighted by Gasteiger charge is -2.33. The van der Waals surface area contributed by atoms with Gasteiger partial charge in [0, 0.05) is 48.2 Å². The summed E-state index contributed by atoms with van der Waals surface area (Å²) >= 11 is 1.81. The Morgan fingerprint density at radius 2 is 2.06 bits per heavy atom. The highest BCUT2D eigenvalue weighted by Crippen LogP contribution is 2.26. The Bertz CT molecular complexity index is 946. The third kappa shape index (κ3) is 5.87. The van der Waals surface area contributed by atoms with Crippen molar-refractivity contribution in [2.24, 2.45) is 4.99 Å². The molecule has 1 aromatic carbocycles. The molecule has 0 amide bonds. The zero-order chi connectivity index (χ0) is 21.3. The van der Waals surface area contributed by atoms with E-state index in [1.54, 1.807) is 0 Å². The van der Waals surface area contributed by atoms with Gasteiger partial charge in [0.15, 0.2) is 5.96 Å². The first-order valence-electron chi connectivity index (χ1n) is 11.3. The fraction of sp³-hybridized carbons (Fsp3) is 0.458. The summed E-state index contributed by atoms with van der Waals surface area (Å²) in [5.41, 5.74) is 2.59. The summed E-state index contributed by atoms with van der Waals surface area (Å²) in [6.45, 7) is 8.15. The average molecular weight is 440 g/mol. The van der Waals surface area contributed by atoms with Crippen LogP contribution in [0.25, 0.3) is 10.9 Å². The lowest BCUT2D eigenvalue weighted by molar-refractivity contribution is 0.0186. The highest BCUT2D eigenvalue weighted by molar-refractivity contribution is 7.10. The largest absolute Gasteiger partial charge is 0.379 e. The summed E-state index contributed by atoms with van der Waals surface area (Å²) in [4.78, 5) is 12.2. The highest BCUT2D eigenvalue weighted by atomic mass is 32.1. The molecule has 1 atom stereocenters. The lowest BCUT2D eigenvalue weighted by Crippen LogP contribution is -2.41. The van der Waals surface area contributed by atoms with E-state index in [0.717, 1.165) is 64.7 Å². The number of H-pyrrole nitrogens is 1. The Labute approximate surface area is 188 Å². The molecular weight excluding hydrogens is 406 g/mol. The van der Waals surface area contributed by atoms with Crippen molar-refractivity contribution in [3.8, 4) is 0 Å². The summed E-state index contributed by atoms with van der Waals surface area (Å²) in [7, 11) is 0. The number of hydrogen-bond acceptors (Lipinski definition) is 4. The van der Waals surface area contributed by atoms with Gasteiger partial charge in [-0.2, -0.15) is 0 Å². The molecule has 1 unspecified atom stereocenters. The molecule has 3 heterocycles. The molecule has 166 valence electrons.